The van der Waals surface area contributed by atoms with Crippen LogP contribution in [0.15, 0.2) is 0 Å². The summed E-state index contributed by atoms with van der Waals surface area (Å²) in [6.07, 6.45) is 7.20. The summed E-state index contributed by atoms with van der Waals surface area (Å²) in [5, 5.41) is 3.51. The van der Waals surface area contributed by atoms with E-state index in [1.54, 1.807) is 0 Å². The number of hydrogen-bond donors (Lipinski definition) is 1. The first-order valence-electron chi connectivity index (χ1n) is 8.64. The highest BCUT2D eigenvalue weighted by Gasteiger charge is 2.50. The largest absolute Gasteiger partial charge is 0.468 e. The Morgan fingerprint density at radius 1 is 1.24 bits per heavy atom. The minimum atomic E-state index is -0.453. The first kappa shape index (κ1) is 15.3. The third kappa shape index (κ3) is 2.85. The smallest absolute Gasteiger partial charge is 0.326 e. The van der Waals surface area contributed by atoms with Gasteiger partial charge in [-0.3, -0.25) is 15.0 Å². The summed E-state index contributed by atoms with van der Waals surface area (Å²) in [5.41, 5.74) is -0.453. The van der Waals surface area contributed by atoms with Crippen molar-refractivity contribution in [3.05, 3.63) is 0 Å². The van der Waals surface area contributed by atoms with Crippen LogP contribution >= 0.6 is 0 Å². The van der Waals surface area contributed by atoms with Crippen LogP contribution in [0.25, 0.3) is 0 Å². The third-order valence-corrected chi connectivity index (χ3v) is 5.90. The minimum absolute atomic E-state index is 0.0712. The van der Waals surface area contributed by atoms with E-state index in [2.05, 4.69) is 24.1 Å². The Hall–Kier alpha value is -0.610. The molecule has 2 aliphatic carbocycles. The van der Waals surface area contributed by atoms with Crippen molar-refractivity contribution in [2.24, 2.45) is 11.8 Å². The second-order valence-corrected chi connectivity index (χ2v) is 7.67. The summed E-state index contributed by atoms with van der Waals surface area (Å²) in [7, 11) is 1.51. The molecular weight excluding hydrogens is 264 g/mol. The lowest BCUT2D eigenvalue weighted by Crippen LogP contribution is -2.54. The molecule has 2 saturated carbocycles. The zero-order valence-electron chi connectivity index (χ0n) is 13.7. The normalized spacial score (nSPS) is 39.9. The van der Waals surface area contributed by atoms with Gasteiger partial charge in [-0.1, -0.05) is 6.42 Å². The molecule has 0 amide bonds. The number of rotatable bonds is 4. The van der Waals surface area contributed by atoms with Gasteiger partial charge >= 0.3 is 5.97 Å². The van der Waals surface area contributed by atoms with E-state index in [0.717, 1.165) is 31.1 Å². The lowest BCUT2D eigenvalue weighted by atomic mass is 9.96. The van der Waals surface area contributed by atoms with Gasteiger partial charge < -0.3 is 4.74 Å². The molecule has 0 radical (unpaired) electrons. The van der Waals surface area contributed by atoms with E-state index in [-0.39, 0.29) is 5.97 Å². The van der Waals surface area contributed by atoms with Gasteiger partial charge in [-0.05, 0) is 57.8 Å². The van der Waals surface area contributed by atoms with Crippen LogP contribution in [0.1, 0.15) is 52.4 Å². The van der Waals surface area contributed by atoms with Crippen LogP contribution in [0, 0.1) is 11.8 Å². The van der Waals surface area contributed by atoms with Crippen molar-refractivity contribution >= 4 is 5.97 Å². The highest BCUT2D eigenvalue weighted by molar-refractivity contribution is 5.81. The number of carbonyl (C=O) groups excluding carboxylic acids is 1. The Kier molecular flexibility index (Phi) is 4.28. The van der Waals surface area contributed by atoms with Crippen molar-refractivity contribution in [3.8, 4) is 0 Å². The second kappa shape index (κ2) is 5.88. The number of nitrogens with one attached hydrogen (secondary N) is 1. The van der Waals surface area contributed by atoms with Crippen LogP contribution in [0.5, 0.6) is 0 Å². The molecule has 3 fully saturated rings. The zero-order chi connectivity index (χ0) is 15.0. The summed E-state index contributed by atoms with van der Waals surface area (Å²) in [6, 6.07) is 0.863. The number of esters is 1. The van der Waals surface area contributed by atoms with Crippen LogP contribution in [-0.2, 0) is 9.53 Å². The van der Waals surface area contributed by atoms with Crippen molar-refractivity contribution < 1.29 is 9.53 Å². The Morgan fingerprint density at radius 2 is 1.90 bits per heavy atom. The first-order valence-corrected chi connectivity index (χ1v) is 8.64. The van der Waals surface area contributed by atoms with Crippen LogP contribution < -0.4 is 5.32 Å². The predicted octanol–water partition coefficient (Wildman–Crippen LogP) is 2.18. The standard InChI is InChI=1S/C17H30N2O2/c1-12(2)18-17(16(20)21-3)8-7-15(9-17)19-10-13-5-4-6-14(13)11-19/h12-15,18H,4-11H2,1-3H3. The topological polar surface area (TPSA) is 41.6 Å². The van der Waals surface area contributed by atoms with E-state index in [0.29, 0.717) is 12.1 Å². The molecule has 1 aliphatic heterocycles. The Balaban J connectivity index is 1.66. The van der Waals surface area contributed by atoms with E-state index in [4.69, 9.17) is 4.74 Å². The van der Waals surface area contributed by atoms with Gasteiger partial charge in [0.15, 0.2) is 0 Å². The minimum Gasteiger partial charge on any atom is -0.468 e. The Labute approximate surface area is 128 Å². The molecule has 120 valence electrons. The molecule has 0 aromatic rings. The quantitative estimate of drug-likeness (QED) is 0.807. The fraction of sp³-hybridized carbons (Fsp3) is 0.941. The molecule has 4 unspecified atom stereocenters. The van der Waals surface area contributed by atoms with Gasteiger partial charge in [0.25, 0.3) is 0 Å². The molecule has 4 nitrogen and oxygen atoms in total. The number of carbonyl (C=O) groups is 1. The maximum Gasteiger partial charge on any atom is 0.326 e. The molecule has 3 rings (SSSR count). The zero-order valence-corrected chi connectivity index (χ0v) is 13.7. The van der Waals surface area contributed by atoms with Crippen LogP contribution in [0.2, 0.25) is 0 Å². The van der Waals surface area contributed by atoms with E-state index in [1.807, 2.05) is 0 Å². The maximum absolute atomic E-state index is 12.3. The molecule has 0 aromatic heterocycles. The molecule has 1 heterocycles. The van der Waals surface area contributed by atoms with E-state index in [1.165, 1.54) is 39.5 Å². The van der Waals surface area contributed by atoms with Crippen LogP contribution in [-0.4, -0.2) is 48.7 Å². The van der Waals surface area contributed by atoms with E-state index < -0.39 is 5.54 Å². The van der Waals surface area contributed by atoms with Gasteiger partial charge in [0.1, 0.15) is 5.54 Å². The number of ether oxygens (including phenoxy) is 1. The Bertz CT molecular complexity index is 386. The number of nitrogens with zero attached hydrogens (tertiary/aromatic N) is 1. The van der Waals surface area contributed by atoms with Gasteiger partial charge in [0.2, 0.25) is 0 Å². The van der Waals surface area contributed by atoms with Gasteiger partial charge in [-0.15, -0.1) is 0 Å². The highest BCUT2D eigenvalue weighted by atomic mass is 16.5. The summed E-state index contributed by atoms with van der Waals surface area (Å²) < 4.78 is 5.10. The molecule has 4 heteroatoms. The number of hydrogen-bond acceptors (Lipinski definition) is 4. The molecule has 4 atom stereocenters. The molecule has 21 heavy (non-hydrogen) atoms. The van der Waals surface area contributed by atoms with Gasteiger partial charge in [-0.25, -0.2) is 0 Å². The predicted molar refractivity (Wildman–Crippen MR) is 83.1 cm³/mol. The fourth-order valence-electron chi connectivity index (χ4n) is 5.02. The molecule has 0 bridgehead atoms. The van der Waals surface area contributed by atoms with Crippen molar-refractivity contribution in [2.45, 2.75) is 70.0 Å². The number of fused-ring (bicyclic) bond motifs is 1. The summed E-state index contributed by atoms with van der Waals surface area (Å²) in [6.45, 7) is 6.74. The van der Waals surface area contributed by atoms with Gasteiger partial charge in [-0.2, -0.15) is 0 Å². The molecule has 1 N–H and O–H groups in total. The average molecular weight is 294 g/mol. The average Bonchev–Trinajstić information content (AvgIpc) is 3.10. The van der Waals surface area contributed by atoms with Crippen molar-refractivity contribution in [2.75, 3.05) is 20.2 Å². The van der Waals surface area contributed by atoms with E-state index >= 15 is 0 Å². The van der Waals surface area contributed by atoms with Crippen molar-refractivity contribution in [1.29, 1.82) is 0 Å². The second-order valence-electron chi connectivity index (χ2n) is 7.67. The molecular formula is C17H30N2O2. The summed E-state index contributed by atoms with van der Waals surface area (Å²) in [5.74, 6) is 1.78. The van der Waals surface area contributed by atoms with Crippen molar-refractivity contribution in [1.82, 2.24) is 10.2 Å². The highest BCUT2D eigenvalue weighted by Crippen LogP contribution is 2.42. The van der Waals surface area contributed by atoms with Gasteiger partial charge in [0.05, 0.1) is 7.11 Å². The van der Waals surface area contributed by atoms with Crippen LogP contribution in [0.4, 0.5) is 0 Å². The van der Waals surface area contributed by atoms with Gasteiger partial charge in [0, 0.05) is 25.2 Å². The SMILES string of the molecule is COC(=O)C1(NC(C)C)CCC(N2CC3CCCC3C2)C1. The lowest BCUT2D eigenvalue weighted by molar-refractivity contribution is -0.149. The van der Waals surface area contributed by atoms with Crippen molar-refractivity contribution in [3.63, 3.8) is 0 Å². The summed E-state index contributed by atoms with van der Waals surface area (Å²) >= 11 is 0. The fourth-order valence-corrected chi connectivity index (χ4v) is 5.02. The Morgan fingerprint density at radius 3 is 2.48 bits per heavy atom. The summed E-state index contributed by atoms with van der Waals surface area (Å²) in [4.78, 5) is 15.0. The first-order chi connectivity index (χ1) is 10.0. The lowest BCUT2D eigenvalue weighted by Gasteiger charge is -2.31. The molecule has 1 saturated heterocycles. The monoisotopic (exact) mass is 294 g/mol. The molecule has 0 spiro atoms. The van der Waals surface area contributed by atoms with E-state index in [9.17, 15) is 4.79 Å². The third-order valence-electron chi connectivity index (χ3n) is 5.90. The number of likely N-dealkylation sites (tertiary alicyclic amines) is 1. The number of methoxy groups -OCH3 is 1. The maximum atomic E-state index is 12.3. The van der Waals surface area contributed by atoms with Crippen LogP contribution in [0.3, 0.4) is 0 Å². The molecule has 0 aromatic carbocycles. The molecule has 3 aliphatic rings.